The van der Waals surface area contributed by atoms with Crippen molar-refractivity contribution >= 4 is 120 Å². The van der Waals surface area contributed by atoms with Crippen LogP contribution in [0.25, 0.3) is 0 Å². The molecule has 12 N–H and O–H groups in total. The number of anilines is 4. The van der Waals surface area contributed by atoms with Crippen molar-refractivity contribution in [3.05, 3.63) is 126 Å². The number of hydrogen-bond donors (Lipinski definition) is 8. The number of fused-ring (bicyclic) bond motifs is 1. The topological polar surface area (TPSA) is 581 Å². The van der Waals surface area contributed by atoms with Crippen molar-refractivity contribution in [1.82, 2.24) is 48.2 Å². The molecule has 0 bridgehead atoms. The van der Waals surface area contributed by atoms with Crippen molar-refractivity contribution in [2.24, 2.45) is 17.6 Å². The Hall–Kier alpha value is -4.92. The van der Waals surface area contributed by atoms with Gasteiger partial charge < -0.3 is 124 Å². The molecule has 6 aliphatic rings. The molecule has 4 unspecified atom stereocenters. The summed E-state index contributed by atoms with van der Waals surface area (Å²) in [6.45, 7) is -16.0. The van der Waals surface area contributed by atoms with E-state index >= 15 is 0 Å². The number of aromatic nitrogens is 10. The van der Waals surface area contributed by atoms with Gasteiger partial charge in [0.25, 0.3) is 16.7 Å². The van der Waals surface area contributed by atoms with Gasteiger partial charge in [0.2, 0.25) is 11.9 Å². The molecule has 43 nitrogen and oxygen atoms in total. The van der Waals surface area contributed by atoms with E-state index in [2.05, 4.69) is 45.8 Å². The standard InChI is InChI=1S/C57H80BrN15O28P4S4/c1-27(2)29-15-44(69-7-4-41(60)63-54(69)79)94-37(29)23-92-105(109,88-13-12-87-11-10-86-9-6-59)101-35-18-46(71-20-28(3)50(76)67-56(71)81)96-40(35)26-91-104(85,108)100-34-19-48(73-43(75)14-30-49(73)65-53(62)66-51(30)77)97-39(34)25-90-103(84,107)99-33-17-45(70-8-5-42(61)64-55(70)80)95-38(33)24-89-102(83,106)98-32-16-47(93-36(32)22-74)72-21-31(58)52(78)68-57(72)82/h4-5,7-8,20-21,27,29,32-40,44-48,74H,6,9-19,22-26,59H2,1-3H3,(H,83,106)(H,84,107)(H,85,108)(H2,60,63,79)(H2,61,64,80)(H,67,76,81)(H,68,78,82)(H3,62,65,66,77)/p-3/t29-,32+,33+,34+,35+,36+,37+,38+,39+,40+,44+,45+,46+,47+,48+,102?,103?,104?,105?/m0/s1. The van der Waals surface area contributed by atoms with E-state index in [1.165, 1.54) is 42.2 Å². The van der Waals surface area contributed by atoms with Crippen LogP contribution in [0, 0.1) is 18.8 Å². The molecule has 0 aliphatic carbocycles. The molecule has 0 radical (unpaired) electrons. The number of carbonyl (C=O) groups excluding carboxylic acids is 1. The Kier molecular flexibility index (Phi) is 28.3. The number of nitrogen functional groups attached to an aromatic ring is 3. The maximum absolute atomic E-state index is 14.9. The zero-order valence-corrected chi connectivity index (χ0v) is 66.3. The van der Waals surface area contributed by atoms with Gasteiger partial charge in [-0.05, 0) is 65.0 Å². The van der Waals surface area contributed by atoms with Gasteiger partial charge in [-0.1, -0.05) is 37.5 Å². The lowest BCUT2D eigenvalue weighted by Gasteiger charge is -2.35. The molecule has 0 aromatic carbocycles. The fraction of sp³-hybridized carbons (Fsp3) is 0.632. The monoisotopic (exact) mass is 1750 g/mol. The Labute approximate surface area is 645 Å². The minimum absolute atomic E-state index is 0.0133. The predicted molar refractivity (Wildman–Crippen MR) is 392 cm³/mol. The lowest BCUT2D eigenvalue weighted by Crippen LogP contribution is -2.39. The molecule has 0 saturated carbocycles. The molecule has 1 amide bonds. The summed E-state index contributed by atoms with van der Waals surface area (Å²) in [5, 5.41) is 10.2. The summed E-state index contributed by atoms with van der Waals surface area (Å²) < 4.78 is 116. The van der Waals surface area contributed by atoms with Gasteiger partial charge in [0, 0.05) is 62.6 Å². The molecule has 5 fully saturated rings. The number of aliphatic hydroxyl groups is 1. The van der Waals surface area contributed by atoms with Gasteiger partial charge in [-0.15, -0.1) is 0 Å². The Morgan fingerprint density at radius 1 is 0.606 bits per heavy atom. The molecule has 5 aromatic rings. The van der Waals surface area contributed by atoms with Gasteiger partial charge in [0.05, 0.1) is 113 Å². The third-order valence-electron chi connectivity index (χ3n) is 17.9. The zero-order valence-electron chi connectivity index (χ0n) is 57.9. The molecule has 5 aromatic heterocycles. The number of nitrogens with zero attached hydrogens (tertiary/aromatic N) is 8. The van der Waals surface area contributed by atoms with Gasteiger partial charge in [-0.25, -0.2) is 19.2 Å². The minimum atomic E-state index is -4.95. The van der Waals surface area contributed by atoms with E-state index in [0.717, 1.165) is 24.8 Å². The first kappa shape index (κ1) is 85.0. The highest BCUT2D eigenvalue weighted by Crippen LogP contribution is 2.57. The smallest absolute Gasteiger partial charge is 0.351 e. The van der Waals surface area contributed by atoms with E-state index in [9.17, 15) is 57.8 Å². The summed E-state index contributed by atoms with van der Waals surface area (Å²) in [6, 6.07) is 2.73. The fourth-order valence-electron chi connectivity index (χ4n) is 12.7. The molecule has 11 heterocycles. The normalized spacial score (nSPS) is 28.5. The molecular formula is C57H77BrN15O28P4S4-3. The number of carbonyl (C=O) groups is 1. The van der Waals surface area contributed by atoms with Crippen molar-refractivity contribution in [2.45, 2.75) is 145 Å². The number of H-pyrrole nitrogens is 3. The summed E-state index contributed by atoms with van der Waals surface area (Å²) in [7, 11) is 0. The maximum atomic E-state index is 14.9. The highest BCUT2D eigenvalue weighted by atomic mass is 79.9. The number of hydrogen-bond acceptors (Lipinski definition) is 39. The number of nitrogens with one attached hydrogen (secondary N) is 3. The van der Waals surface area contributed by atoms with Crippen LogP contribution < -0.4 is 77.1 Å². The summed E-state index contributed by atoms with van der Waals surface area (Å²) >= 11 is 25.5. The Balaban J connectivity index is 0.819. The van der Waals surface area contributed by atoms with Crippen LogP contribution in [0.4, 0.5) is 23.4 Å². The highest BCUT2D eigenvalue weighted by Gasteiger charge is 2.50. The van der Waals surface area contributed by atoms with Gasteiger partial charge in [0.1, 0.15) is 80.6 Å². The SMILES string of the molecule is Cc1cn([C@H]2C[C@@H](OP(=S)(OCCOCCOCCN)OC[C@H]3O[C@@H](n4ccc(N)nc4=O)C[C@H]3C(C)C)[C@@H](COP([O-])(=S)O[C@@H]3C[C@H](N4C(=O)Cc5c4nc(N)[nH]c5=O)O[C@@H]3COP(=O)([S-])O[C@@H]3C[C@H](n4ccc(N)nc4=O)O[C@@H]3COP([O-])(=S)O[C@@H]3C[C@H](n4cc(Br)c(=O)[nH]c4=O)O[C@@H]3CO)O2)c(=O)[nH]c1=O. The first-order valence-corrected chi connectivity index (χ1v) is 44.6. The van der Waals surface area contributed by atoms with Crippen LogP contribution in [-0.4, -0.2) is 193 Å². The van der Waals surface area contributed by atoms with Crippen molar-refractivity contribution in [3.8, 4) is 0 Å². The van der Waals surface area contributed by atoms with Gasteiger partial charge in [-0.3, -0.25) is 61.9 Å². The van der Waals surface area contributed by atoms with Crippen LogP contribution in [0.3, 0.4) is 0 Å². The predicted octanol–water partition coefficient (Wildman–Crippen LogP) is -1.71. The second kappa shape index (κ2) is 36.3. The van der Waals surface area contributed by atoms with E-state index in [1.807, 2.05) is 13.8 Å². The summed E-state index contributed by atoms with van der Waals surface area (Å²) in [5.41, 5.74) is 17.6. The van der Waals surface area contributed by atoms with Crippen molar-refractivity contribution in [3.63, 3.8) is 0 Å². The largest absolute Gasteiger partial charge is 0.780 e. The van der Waals surface area contributed by atoms with Crippen molar-refractivity contribution < 1.29 is 98.1 Å². The molecule has 11 rings (SSSR count). The van der Waals surface area contributed by atoms with E-state index in [0.29, 0.717) is 19.6 Å². The number of rotatable bonds is 36. The van der Waals surface area contributed by atoms with Crippen LogP contribution in [0.1, 0.15) is 82.0 Å². The highest BCUT2D eigenvalue weighted by molar-refractivity contribution is 9.10. The molecule has 6 aliphatic heterocycles. The lowest BCUT2D eigenvalue weighted by atomic mass is 9.89. The number of nitrogens with two attached hydrogens (primary N) is 4. The van der Waals surface area contributed by atoms with Crippen LogP contribution in [0.15, 0.2) is 75.0 Å². The minimum Gasteiger partial charge on any atom is -0.780 e. The van der Waals surface area contributed by atoms with E-state index < -0.39 is 198 Å². The van der Waals surface area contributed by atoms with E-state index in [4.69, 9.17) is 144 Å². The van der Waals surface area contributed by atoms with E-state index in [-0.39, 0.29) is 103 Å². The van der Waals surface area contributed by atoms with Crippen LogP contribution in [-0.2, 0) is 137 Å². The molecular weight excluding hydrogens is 1670 g/mol. The van der Waals surface area contributed by atoms with Crippen molar-refractivity contribution in [1.29, 1.82) is 0 Å². The van der Waals surface area contributed by atoms with Crippen molar-refractivity contribution in [2.75, 3.05) is 94.7 Å². The molecule has 52 heteroatoms. The quantitative estimate of drug-likeness (QED) is 0.0126. The number of aromatic amines is 3. The molecule has 602 valence electrons. The van der Waals surface area contributed by atoms with Gasteiger partial charge in [0.15, 0.2) is 12.6 Å². The second-order valence-corrected chi connectivity index (χ2v) is 37.6. The first-order chi connectivity index (χ1) is 51.6. The number of aryl methyl sites for hydroxylation is 1. The molecule has 19 atom stereocenters. The summed E-state index contributed by atoms with van der Waals surface area (Å²) in [5.74, 6) is -1.69. The molecule has 0 spiro atoms. The fourth-order valence-corrected chi connectivity index (χ4v) is 19.5. The number of aliphatic hydroxyl groups excluding tert-OH is 1. The van der Waals surface area contributed by atoms with Crippen LogP contribution in [0.2, 0.25) is 0 Å². The van der Waals surface area contributed by atoms with Gasteiger partial charge in [-0.2, -0.15) is 15.0 Å². The average Bonchev–Trinajstić information content (AvgIpc) is 1.61. The molecule has 5 saturated heterocycles. The van der Waals surface area contributed by atoms with Crippen LogP contribution >= 0.6 is 42.9 Å². The number of amides is 1. The number of ether oxygens (including phenoxy) is 7. The third-order valence-corrected chi connectivity index (χ3v) is 25.6. The Bertz CT molecular complexity index is 4780. The first-order valence-electron chi connectivity index (χ1n) is 33.5. The Morgan fingerprint density at radius 2 is 1.08 bits per heavy atom. The summed E-state index contributed by atoms with van der Waals surface area (Å²) in [4.78, 5) is 152. The van der Waals surface area contributed by atoms with Crippen LogP contribution in [0.5, 0.6) is 0 Å². The summed E-state index contributed by atoms with van der Waals surface area (Å²) in [6.07, 6.45) is -14.3. The Morgan fingerprint density at radius 3 is 1.66 bits per heavy atom. The number of halogens is 1. The second-order valence-electron chi connectivity index (χ2n) is 25.7. The zero-order chi connectivity index (χ0) is 78.6. The lowest BCUT2D eigenvalue weighted by molar-refractivity contribution is -0.216. The maximum Gasteiger partial charge on any atom is 0.351 e. The van der Waals surface area contributed by atoms with E-state index in [1.54, 1.807) is 0 Å². The van der Waals surface area contributed by atoms with Gasteiger partial charge >= 0.3 is 29.5 Å². The average molecular weight is 1750 g/mol. The molecule has 109 heavy (non-hydrogen) atoms. The third kappa shape index (κ3) is 21.4.